The van der Waals surface area contributed by atoms with Crippen LogP contribution in [-0.4, -0.2) is 25.2 Å². The smallest absolute Gasteiger partial charge is 0.333 e. The van der Waals surface area contributed by atoms with E-state index in [-0.39, 0.29) is 11.9 Å². The molecule has 164 valence electrons. The van der Waals surface area contributed by atoms with Crippen LogP contribution >= 0.6 is 0 Å². The monoisotopic (exact) mass is 406 g/mol. The Labute approximate surface area is 176 Å². The van der Waals surface area contributed by atoms with Gasteiger partial charge in [-0.15, -0.1) is 0 Å². The van der Waals surface area contributed by atoms with Crippen molar-refractivity contribution < 1.29 is 23.8 Å². The minimum absolute atomic E-state index is 0.323. The van der Waals surface area contributed by atoms with Crippen molar-refractivity contribution in [2.75, 3.05) is 13.2 Å². The fraction of sp³-hybridized carbons (Fsp3) is 0.583. The van der Waals surface area contributed by atoms with Gasteiger partial charge < -0.3 is 14.2 Å². The SMILES string of the molecule is C=C(CCCCCCOC(=O)C(=C)C)OC(=C)CCCCCCOC(=O)C(=C)C. The van der Waals surface area contributed by atoms with E-state index in [1.165, 1.54) is 0 Å². The fourth-order valence-electron chi connectivity index (χ4n) is 2.44. The molecule has 5 nitrogen and oxygen atoms in total. The maximum absolute atomic E-state index is 11.2. The third kappa shape index (κ3) is 16.4. The largest absolute Gasteiger partial charge is 0.467 e. The van der Waals surface area contributed by atoms with Gasteiger partial charge in [0.2, 0.25) is 0 Å². The summed E-state index contributed by atoms with van der Waals surface area (Å²) in [6.45, 7) is 19.2. The van der Waals surface area contributed by atoms with Gasteiger partial charge in [-0.25, -0.2) is 9.59 Å². The zero-order valence-corrected chi connectivity index (χ0v) is 18.4. The Kier molecular flexibility index (Phi) is 15.3. The van der Waals surface area contributed by atoms with Crippen LogP contribution in [-0.2, 0) is 23.8 Å². The Bertz CT molecular complexity index is 524. The predicted octanol–water partition coefficient (Wildman–Crippen LogP) is 6.17. The molecule has 0 spiro atoms. The first-order valence-electron chi connectivity index (χ1n) is 10.4. The summed E-state index contributed by atoms with van der Waals surface area (Å²) in [5, 5.41) is 0. The molecule has 0 N–H and O–H groups in total. The first kappa shape index (κ1) is 26.7. The lowest BCUT2D eigenvalue weighted by Crippen LogP contribution is -2.06. The van der Waals surface area contributed by atoms with Gasteiger partial charge in [0.25, 0.3) is 0 Å². The molecule has 0 aromatic heterocycles. The summed E-state index contributed by atoms with van der Waals surface area (Å²) < 4.78 is 15.8. The van der Waals surface area contributed by atoms with Crippen LogP contribution in [0.2, 0.25) is 0 Å². The Balaban J connectivity index is 3.53. The Hall–Kier alpha value is -2.30. The summed E-state index contributed by atoms with van der Waals surface area (Å²) in [7, 11) is 0. The molecule has 0 heterocycles. The molecule has 0 aliphatic rings. The van der Waals surface area contributed by atoms with Crippen LogP contribution in [0.3, 0.4) is 0 Å². The predicted molar refractivity (Wildman–Crippen MR) is 117 cm³/mol. The van der Waals surface area contributed by atoms with Crippen LogP contribution in [0.15, 0.2) is 49.0 Å². The second-order valence-electron chi connectivity index (χ2n) is 7.34. The van der Waals surface area contributed by atoms with Crippen molar-refractivity contribution in [1.29, 1.82) is 0 Å². The molecular weight excluding hydrogens is 368 g/mol. The van der Waals surface area contributed by atoms with Crippen molar-refractivity contribution in [3.63, 3.8) is 0 Å². The van der Waals surface area contributed by atoms with Crippen LogP contribution in [0.4, 0.5) is 0 Å². The minimum Gasteiger partial charge on any atom is -0.467 e. The molecule has 0 saturated carbocycles. The minimum atomic E-state index is -0.323. The van der Waals surface area contributed by atoms with Gasteiger partial charge in [0.1, 0.15) is 0 Å². The van der Waals surface area contributed by atoms with E-state index in [2.05, 4.69) is 26.3 Å². The number of rotatable bonds is 18. The zero-order valence-electron chi connectivity index (χ0n) is 18.4. The third-order valence-electron chi connectivity index (χ3n) is 4.15. The van der Waals surface area contributed by atoms with Crippen LogP contribution in [0, 0.1) is 0 Å². The van der Waals surface area contributed by atoms with E-state index in [4.69, 9.17) is 14.2 Å². The average Bonchev–Trinajstić information content (AvgIpc) is 2.65. The number of carbonyl (C=O) groups is 2. The quantitative estimate of drug-likeness (QED) is 0.118. The van der Waals surface area contributed by atoms with Gasteiger partial charge in [0, 0.05) is 24.0 Å². The van der Waals surface area contributed by atoms with Crippen molar-refractivity contribution in [2.24, 2.45) is 0 Å². The van der Waals surface area contributed by atoms with E-state index in [1.807, 2.05) is 0 Å². The maximum Gasteiger partial charge on any atom is 0.333 e. The molecule has 0 aliphatic heterocycles. The summed E-state index contributed by atoms with van der Waals surface area (Å²) in [4.78, 5) is 22.5. The highest BCUT2D eigenvalue weighted by Gasteiger charge is 2.04. The highest BCUT2D eigenvalue weighted by Crippen LogP contribution is 2.17. The molecule has 5 heteroatoms. The van der Waals surface area contributed by atoms with Gasteiger partial charge in [-0.05, 0) is 39.5 Å². The average molecular weight is 407 g/mol. The van der Waals surface area contributed by atoms with Gasteiger partial charge in [0.15, 0.2) is 0 Å². The molecule has 0 fully saturated rings. The second kappa shape index (κ2) is 16.6. The van der Waals surface area contributed by atoms with Crippen molar-refractivity contribution in [3.05, 3.63) is 49.0 Å². The second-order valence-corrected chi connectivity index (χ2v) is 7.34. The molecular formula is C24H38O5. The molecule has 29 heavy (non-hydrogen) atoms. The summed E-state index contributed by atoms with van der Waals surface area (Å²) in [6, 6.07) is 0. The number of ether oxygens (including phenoxy) is 3. The number of allylic oxidation sites excluding steroid dienone is 2. The third-order valence-corrected chi connectivity index (χ3v) is 4.15. The van der Waals surface area contributed by atoms with Crippen LogP contribution in [0.5, 0.6) is 0 Å². The van der Waals surface area contributed by atoms with Crippen LogP contribution < -0.4 is 0 Å². The highest BCUT2D eigenvalue weighted by atomic mass is 16.5. The normalized spacial score (nSPS) is 10.1. The number of hydrogen-bond donors (Lipinski definition) is 0. The van der Waals surface area contributed by atoms with Crippen molar-refractivity contribution >= 4 is 11.9 Å². The first-order chi connectivity index (χ1) is 13.7. The molecule has 0 amide bonds. The van der Waals surface area contributed by atoms with E-state index in [9.17, 15) is 9.59 Å². The van der Waals surface area contributed by atoms with Crippen molar-refractivity contribution in [3.8, 4) is 0 Å². The van der Waals surface area contributed by atoms with Crippen LogP contribution in [0.25, 0.3) is 0 Å². The number of hydrogen-bond acceptors (Lipinski definition) is 5. The first-order valence-corrected chi connectivity index (χ1v) is 10.4. The molecule has 0 aliphatic carbocycles. The van der Waals surface area contributed by atoms with E-state index in [0.717, 1.165) is 75.7 Å². The number of unbranched alkanes of at least 4 members (excludes halogenated alkanes) is 6. The zero-order chi connectivity index (χ0) is 22.1. The van der Waals surface area contributed by atoms with Crippen molar-refractivity contribution in [2.45, 2.75) is 78.1 Å². The van der Waals surface area contributed by atoms with Gasteiger partial charge in [-0.1, -0.05) is 52.0 Å². The standard InChI is InChI=1S/C24H38O5/c1-19(2)23(25)27-17-13-9-7-11-15-21(5)29-22(6)16-12-8-10-14-18-28-24(26)20(3)4/h1,3,5-18H2,2,4H3. The van der Waals surface area contributed by atoms with Gasteiger partial charge >= 0.3 is 11.9 Å². The Morgan fingerprint density at radius 3 is 1.28 bits per heavy atom. The van der Waals surface area contributed by atoms with Crippen molar-refractivity contribution in [1.82, 2.24) is 0 Å². The Morgan fingerprint density at radius 2 is 0.931 bits per heavy atom. The topological polar surface area (TPSA) is 61.8 Å². The summed E-state index contributed by atoms with van der Waals surface area (Å²) in [5.74, 6) is 0.846. The summed E-state index contributed by atoms with van der Waals surface area (Å²) in [6.07, 6.45) is 9.37. The number of esters is 2. The lowest BCUT2D eigenvalue weighted by atomic mass is 10.1. The molecule has 0 radical (unpaired) electrons. The molecule has 0 unspecified atom stereocenters. The maximum atomic E-state index is 11.2. The van der Waals surface area contributed by atoms with Gasteiger partial charge in [-0.3, -0.25) is 0 Å². The van der Waals surface area contributed by atoms with Gasteiger partial charge in [0.05, 0.1) is 24.7 Å². The number of carbonyl (C=O) groups excluding carboxylic acids is 2. The molecule has 0 rings (SSSR count). The Morgan fingerprint density at radius 1 is 0.586 bits per heavy atom. The fourth-order valence-corrected chi connectivity index (χ4v) is 2.44. The summed E-state index contributed by atoms with van der Waals surface area (Å²) in [5.41, 5.74) is 0.866. The molecule has 0 aromatic rings. The van der Waals surface area contributed by atoms with E-state index >= 15 is 0 Å². The lowest BCUT2D eigenvalue weighted by molar-refractivity contribution is -0.139. The molecule has 0 bridgehead atoms. The van der Waals surface area contributed by atoms with E-state index < -0.39 is 0 Å². The van der Waals surface area contributed by atoms with E-state index in [0.29, 0.717) is 24.4 Å². The molecule has 0 atom stereocenters. The van der Waals surface area contributed by atoms with Gasteiger partial charge in [-0.2, -0.15) is 0 Å². The van der Waals surface area contributed by atoms with Crippen LogP contribution in [0.1, 0.15) is 78.1 Å². The highest BCUT2D eigenvalue weighted by molar-refractivity contribution is 5.87. The lowest BCUT2D eigenvalue weighted by Gasteiger charge is -2.11. The van der Waals surface area contributed by atoms with E-state index in [1.54, 1.807) is 13.8 Å². The molecule has 0 aromatic carbocycles. The summed E-state index contributed by atoms with van der Waals surface area (Å²) >= 11 is 0. The molecule has 0 saturated heterocycles.